The Morgan fingerprint density at radius 2 is 2.08 bits per heavy atom. The van der Waals surface area contributed by atoms with E-state index in [-0.39, 0.29) is 25.0 Å². The van der Waals surface area contributed by atoms with E-state index >= 15 is 0 Å². The summed E-state index contributed by atoms with van der Waals surface area (Å²) in [6.07, 6.45) is 2.79. The fraction of sp³-hybridized carbons (Fsp3) is 0.167. The van der Waals surface area contributed by atoms with E-state index < -0.39 is 4.92 Å². The standard InChI is InChI=1S/C18H17N3O5/c1-20(15-5-3-2-4-6-15)19-17(22)8-7-13-9-16(21(23)24)10-14-11-25-12-26-18(13)14/h2-10H,11-12H2,1H3,(H,19,22)/b8-7+. The van der Waals surface area contributed by atoms with Crippen molar-refractivity contribution in [3.63, 3.8) is 0 Å². The number of carbonyl (C=O) groups excluding carboxylic acids is 1. The Kier molecular flexibility index (Phi) is 5.14. The van der Waals surface area contributed by atoms with Crippen molar-refractivity contribution in [1.82, 2.24) is 5.43 Å². The van der Waals surface area contributed by atoms with Gasteiger partial charge < -0.3 is 9.47 Å². The van der Waals surface area contributed by atoms with E-state index in [0.717, 1.165) is 5.69 Å². The van der Waals surface area contributed by atoms with Crippen LogP contribution in [0.2, 0.25) is 0 Å². The summed E-state index contributed by atoms with van der Waals surface area (Å²) in [4.78, 5) is 22.8. The quantitative estimate of drug-likeness (QED) is 0.503. The number of hydrogen-bond acceptors (Lipinski definition) is 6. The van der Waals surface area contributed by atoms with Gasteiger partial charge in [0.15, 0.2) is 6.79 Å². The third kappa shape index (κ3) is 3.98. The smallest absolute Gasteiger partial charge is 0.270 e. The highest BCUT2D eigenvalue weighted by atomic mass is 16.7. The number of rotatable bonds is 5. The lowest BCUT2D eigenvalue weighted by Crippen LogP contribution is -2.38. The molecule has 26 heavy (non-hydrogen) atoms. The van der Waals surface area contributed by atoms with Crippen LogP contribution in [0.5, 0.6) is 5.75 Å². The molecule has 0 atom stereocenters. The third-order valence-corrected chi connectivity index (χ3v) is 3.77. The lowest BCUT2D eigenvalue weighted by molar-refractivity contribution is -0.385. The van der Waals surface area contributed by atoms with Gasteiger partial charge in [0.1, 0.15) is 5.75 Å². The molecule has 8 nitrogen and oxygen atoms in total. The lowest BCUT2D eigenvalue weighted by Gasteiger charge is -2.20. The van der Waals surface area contributed by atoms with Crippen LogP contribution in [-0.2, 0) is 16.1 Å². The van der Waals surface area contributed by atoms with E-state index in [0.29, 0.717) is 16.9 Å². The van der Waals surface area contributed by atoms with Crippen LogP contribution in [0.25, 0.3) is 6.08 Å². The van der Waals surface area contributed by atoms with Crippen LogP contribution < -0.4 is 15.2 Å². The van der Waals surface area contributed by atoms with Gasteiger partial charge in [-0.25, -0.2) is 0 Å². The molecule has 0 radical (unpaired) electrons. The van der Waals surface area contributed by atoms with Crippen LogP contribution in [0.1, 0.15) is 11.1 Å². The summed E-state index contributed by atoms with van der Waals surface area (Å²) >= 11 is 0. The summed E-state index contributed by atoms with van der Waals surface area (Å²) in [7, 11) is 1.72. The first-order valence-electron chi connectivity index (χ1n) is 7.84. The van der Waals surface area contributed by atoms with Gasteiger partial charge in [-0.05, 0) is 18.2 Å². The Labute approximate surface area is 149 Å². The van der Waals surface area contributed by atoms with E-state index in [1.54, 1.807) is 12.1 Å². The number of non-ortho nitro benzene ring substituents is 1. The van der Waals surface area contributed by atoms with E-state index in [4.69, 9.17) is 9.47 Å². The van der Waals surface area contributed by atoms with Gasteiger partial charge in [-0.1, -0.05) is 18.2 Å². The highest BCUT2D eigenvalue weighted by Crippen LogP contribution is 2.33. The minimum Gasteiger partial charge on any atom is -0.467 e. The molecule has 1 heterocycles. The number of anilines is 1. The summed E-state index contributed by atoms with van der Waals surface area (Å²) in [6.45, 7) is 0.287. The molecule has 0 saturated carbocycles. The Hall–Kier alpha value is -3.39. The summed E-state index contributed by atoms with van der Waals surface area (Å²) in [6, 6.07) is 12.1. The van der Waals surface area contributed by atoms with Crippen LogP contribution in [0.15, 0.2) is 48.5 Å². The van der Waals surface area contributed by atoms with E-state index in [9.17, 15) is 14.9 Å². The molecule has 0 aliphatic carbocycles. The van der Waals surface area contributed by atoms with Gasteiger partial charge in [0.05, 0.1) is 17.2 Å². The fourth-order valence-electron chi connectivity index (χ4n) is 2.54. The molecule has 0 aromatic heterocycles. The van der Waals surface area contributed by atoms with Gasteiger partial charge >= 0.3 is 0 Å². The molecular weight excluding hydrogens is 338 g/mol. The summed E-state index contributed by atoms with van der Waals surface area (Å²) in [5.74, 6) is 0.117. The zero-order valence-electron chi connectivity index (χ0n) is 14.0. The number of hydrogen-bond donors (Lipinski definition) is 1. The van der Waals surface area contributed by atoms with Crippen molar-refractivity contribution in [2.75, 3.05) is 18.8 Å². The molecule has 0 unspecified atom stereocenters. The molecule has 1 N–H and O–H groups in total. The highest BCUT2D eigenvalue weighted by Gasteiger charge is 2.19. The second-order valence-electron chi connectivity index (χ2n) is 5.59. The molecule has 1 amide bonds. The number of benzene rings is 2. The van der Waals surface area contributed by atoms with Crippen molar-refractivity contribution in [3.05, 3.63) is 69.8 Å². The van der Waals surface area contributed by atoms with Crippen molar-refractivity contribution in [3.8, 4) is 5.75 Å². The Morgan fingerprint density at radius 3 is 2.81 bits per heavy atom. The van der Waals surface area contributed by atoms with Crippen LogP contribution >= 0.6 is 0 Å². The molecule has 0 fully saturated rings. The topological polar surface area (TPSA) is 93.9 Å². The number of amides is 1. The monoisotopic (exact) mass is 355 g/mol. The molecule has 134 valence electrons. The minimum atomic E-state index is -0.491. The van der Waals surface area contributed by atoms with Crippen LogP contribution in [0.4, 0.5) is 11.4 Å². The zero-order valence-corrected chi connectivity index (χ0v) is 14.0. The molecule has 1 aliphatic rings. The minimum absolute atomic E-state index is 0.0641. The normalized spacial score (nSPS) is 13.0. The number of nitrogens with one attached hydrogen (secondary N) is 1. The summed E-state index contributed by atoms with van der Waals surface area (Å²) < 4.78 is 10.6. The van der Waals surface area contributed by atoms with E-state index in [2.05, 4.69) is 5.43 Å². The summed E-state index contributed by atoms with van der Waals surface area (Å²) in [5.41, 5.74) is 4.46. The van der Waals surface area contributed by atoms with Crippen molar-refractivity contribution < 1.29 is 19.2 Å². The molecule has 0 saturated heterocycles. The van der Waals surface area contributed by atoms with E-state index in [1.165, 1.54) is 24.3 Å². The maximum absolute atomic E-state index is 12.1. The number of nitro groups is 1. The number of para-hydroxylation sites is 1. The van der Waals surface area contributed by atoms with Gasteiger partial charge in [0, 0.05) is 36.4 Å². The summed E-state index contributed by atoms with van der Waals surface area (Å²) in [5, 5.41) is 12.7. The number of fused-ring (bicyclic) bond motifs is 1. The van der Waals surface area contributed by atoms with Gasteiger partial charge in [-0.3, -0.25) is 25.3 Å². The number of ether oxygens (including phenoxy) is 2. The van der Waals surface area contributed by atoms with Crippen LogP contribution in [0, 0.1) is 10.1 Å². The molecule has 2 aromatic rings. The predicted molar refractivity (Wildman–Crippen MR) is 95.4 cm³/mol. The second-order valence-corrected chi connectivity index (χ2v) is 5.59. The molecular formula is C18H17N3O5. The van der Waals surface area contributed by atoms with Crippen molar-refractivity contribution >= 4 is 23.4 Å². The number of nitrogens with zero attached hydrogens (tertiary/aromatic N) is 2. The molecule has 2 aromatic carbocycles. The zero-order chi connectivity index (χ0) is 18.5. The van der Waals surface area contributed by atoms with Gasteiger partial charge in [-0.15, -0.1) is 0 Å². The molecule has 0 bridgehead atoms. The third-order valence-electron chi connectivity index (χ3n) is 3.77. The van der Waals surface area contributed by atoms with Crippen LogP contribution in [0.3, 0.4) is 0 Å². The first-order chi connectivity index (χ1) is 12.5. The largest absolute Gasteiger partial charge is 0.467 e. The molecule has 0 spiro atoms. The van der Waals surface area contributed by atoms with Gasteiger partial charge in [0.2, 0.25) is 0 Å². The Morgan fingerprint density at radius 1 is 1.31 bits per heavy atom. The Bertz CT molecular complexity index is 851. The first kappa shape index (κ1) is 17.4. The van der Waals surface area contributed by atoms with Crippen molar-refractivity contribution in [2.24, 2.45) is 0 Å². The molecule has 3 rings (SSSR count). The number of carbonyl (C=O) groups is 1. The SMILES string of the molecule is CN(NC(=O)/C=C/c1cc([N+](=O)[O-])cc2c1OCOC2)c1ccccc1. The molecule has 8 heteroatoms. The van der Waals surface area contributed by atoms with Crippen molar-refractivity contribution in [2.45, 2.75) is 6.61 Å². The molecule has 1 aliphatic heterocycles. The van der Waals surface area contributed by atoms with Gasteiger partial charge in [-0.2, -0.15) is 0 Å². The second kappa shape index (κ2) is 7.66. The van der Waals surface area contributed by atoms with E-state index in [1.807, 2.05) is 30.3 Å². The predicted octanol–water partition coefficient (Wildman–Crippen LogP) is 2.64. The maximum Gasteiger partial charge on any atom is 0.270 e. The van der Waals surface area contributed by atoms with Gasteiger partial charge in [0.25, 0.3) is 11.6 Å². The lowest BCUT2D eigenvalue weighted by atomic mass is 10.1. The Balaban J connectivity index is 1.78. The maximum atomic E-state index is 12.1. The highest BCUT2D eigenvalue weighted by molar-refractivity contribution is 5.93. The number of hydrazine groups is 1. The average molecular weight is 355 g/mol. The van der Waals surface area contributed by atoms with Crippen molar-refractivity contribution in [1.29, 1.82) is 0 Å². The van der Waals surface area contributed by atoms with Crippen LogP contribution in [-0.4, -0.2) is 24.7 Å². The first-order valence-corrected chi connectivity index (χ1v) is 7.84. The average Bonchev–Trinajstić information content (AvgIpc) is 2.66. The fourth-order valence-corrected chi connectivity index (χ4v) is 2.54. The number of nitro benzene ring substituents is 1.